The van der Waals surface area contributed by atoms with Crippen LogP contribution in [0.2, 0.25) is 0 Å². The number of carbonyl (C=O) groups excluding carboxylic acids is 1. The Balaban J connectivity index is 0.00000338. The van der Waals surface area contributed by atoms with Crippen LogP contribution in [0.1, 0.15) is 35.0 Å². The van der Waals surface area contributed by atoms with Gasteiger partial charge in [-0.25, -0.2) is 4.99 Å². The lowest BCUT2D eigenvalue weighted by Gasteiger charge is -2.11. The lowest BCUT2D eigenvalue weighted by atomic mass is 10.2. The maximum absolute atomic E-state index is 11.9. The number of nitrogens with zero attached hydrogens (tertiary/aromatic N) is 2. The number of carbonyl (C=O) groups is 1. The molecule has 0 spiro atoms. The molecule has 0 aliphatic heterocycles. The minimum Gasteiger partial charge on any atom is -0.459 e. The smallest absolute Gasteiger partial charge is 0.287 e. The number of amides is 1. The Morgan fingerprint density at radius 2 is 2.00 bits per heavy atom. The van der Waals surface area contributed by atoms with Crippen molar-refractivity contribution in [3.05, 3.63) is 47.7 Å². The van der Waals surface area contributed by atoms with Gasteiger partial charge in [0.1, 0.15) is 0 Å². The van der Waals surface area contributed by atoms with Gasteiger partial charge in [-0.05, 0) is 38.0 Å². The normalized spacial score (nSPS) is 11.0. The Morgan fingerprint density at radius 3 is 2.62 bits per heavy atom. The maximum Gasteiger partial charge on any atom is 0.287 e. The van der Waals surface area contributed by atoms with Crippen LogP contribution < -0.4 is 16.0 Å². The highest BCUT2D eigenvalue weighted by molar-refractivity contribution is 14.0. The number of guanidine groups is 1. The summed E-state index contributed by atoms with van der Waals surface area (Å²) in [5.41, 5.74) is 2.01. The zero-order valence-electron chi connectivity index (χ0n) is 15.5. The van der Waals surface area contributed by atoms with E-state index in [0.717, 1.165) is 31.0 Å². The summed E-state index contributed by atoms with van der Waals surface area (Å²) in [6.45, 7) is 6.61. The molecule has 0 saturated carbocycles. The molecule has 0 radical (unpaired) electrons. The van der Waals surface area contributed by atoms with E-state index in [9.17, 15) is 4.79 Å². The second-order valence-corrected chi connectivity index (χ2v) is 5.85. The first kappa shape index (κ1) is 22.1. The van der Waals surface area contributed by atoms with Gasteiger partial charge in [-0.2, -0.15) is 0 Å². The summed E-state index contributed by atoms with van der Waals surface area (Å²) >= 11 is 0. The van der Waals surface area contributed by atoms with Gasteiger partial charge in [0, 0.05) is 44.6 Å². The summed E-state index contributed by atoms with van der Waals surface area (Å²) < 4.78 is 7.18. The summed E-state index contributed by atoms with van der Waals surface area (Å²) in [5.74, 6) is 0.984. The van der Waals surface area contributed by atoms with E-state index in [4.69, 9.17) is 4.42 Å². The van der Waals surface area contributed by atoms with Crippen molar-refractivity contribution in [1.82, 2.24) is 20.5 Å². The number of rotatable bonds is 8. The van der Waals surface area contributed by atoms with Crippen molar-refractivity contribution in [1.29, 1.82) is 0 Å². The molecule has 0 fully saturated rings. The first-order valence-corrected chi connectivity index (χ1v) is 8.55. The van der Waals surface area contributed by atoms with Crippen molar-refractivity contribution in [2.45, 2.75) is 26.8 Å². The molecule has 2 rings (SSSR count). The molecule has 144 valence electrons. The molecule has 7 nitrogen and oxygen atoms in total. The van der Waals surface area contributed by atoms with Crippen molar-refractivity contribution in [3.8, 4) is 0 Å². The number of nitrogens with one attached hydrogen (secondary N) is 3. The molecule has 0 unspecified atom stereocenters. The Morgan fingerprint density at radius 1 is 1.23 bits per heavy atom. The maximum atomic E-state index is 11.9. The third-order valence-corrected chi connectivity index (χ3v) is 3.66. The van der Waals surface area contributed by atoms with Gasteiger partial charge >= 0.3 is 0 Å². The van der Waals surface area contributed by atoms with Gasteiger partial charge in [0.05, 0.1) is 12.8 Å². The molecule has 2 heterocycles. The number of hydrogen-bond donors (Lipinski definition) is 3. The molecular formula is C18H28IN5O2. The highest BCUT2D eigenvalue weighted by Gasteiger charge is 2.11. The topological polar surface area (TPSA) is 83.6 Å². The van der Waals surface area contributed by atoms with Gasteiger partial charge in [0.2, 0.25) is 0 Å². The SMILES string of the molecule is CCNC(=NCc1ccn(C)c1)NCCCNC(=O)c1occc1C.I. The predicted molar refractivity (Wildman–Crippen MR) is 114 cm³/mol. The van der Waals surface area contributed by atoms with Crippen LogP contribution in [0.15, 0.2) is 40.2 Å². The van der Waals surface area contributed by atoms with E-state index in [1.54, 1.807) is 6.07 Å². The summed E-state index contributed by atoms with van der Waals surface area (Å²) in [6.07, 6.45) is 6.38. The fraction of sp³-hybridized carbons (Fsp3) is 0.444. The molecule has 8 heteroatoms. The van der Waals surface area contributed by atoms with Gasteiger partial charge in [-0.15, -0.1) is 24.0 Å². The zero-order chi connectivity index (χ0) is 18.1. The number of halogens is 1. The van der Waals surface area contributed by atoms with Crippen LogP contribution in [-0.4, -0.2) is 36.1 Å². The predicted octanol–water partition coefficient (Wildman–Crippen LogP) is 2.42. The molecule has 0 aliphatic carbocycles. The Bertz CT molecular complexity index is 708. The largest absolute Gasteiger partial charge is 0.459 e. The van der Waals surface area contributed by atoms with Crippen LogP contribution in [0, 0.1) is 6.92 Å². The van der Waals surface area contributed by atoms with Crippen molar-refractivity contribution in [2.24, 2.45) is 12.0 Å². The van der Waals surface area contributed by atoms with Gasteiger partial charge in [0.15, 0.2) is 11.7 Å². The highest BCUT2D eigenvalue weighted by Crippen LogP contribution is 2.07. The van der Waals surface area contributed by atoms with Gasteiger partial charge in [-0.3, -0.25) is 4.79 Å². The molecule has 2 aromatic rings. The highest BCUT2D eigenvalue weighted by atomic mass is 127. The van der Waals surface area contributed by atoms with Gasteiger partial charge in [-0.1, -0.05) is 0 Å². The van der Waals surface area contributed by atoms with Crippen molar-refractivity contribution >= 4 is 35.8 Å². The van der Waals surface area contributed by atoms with E-state index in [-0.39, 0.29) is 29.9 Å². The Hall–Kier alpha value is -1.97. The van der Waals surface area contributed by atoms with E-state index in [1.807, 2.05) is 31.7 Å². The zero-order valence-corrected chi connectivity index (χ0v) is 17.9. The number of furan rings is 1. The minimum atomic E-state index is -0.174. The summed E-state index contributed by atoms with van der Waals surface area (Å²) in [6, 6.07) is 3.83. The molecule has 0 atom stereocenters. The molecule has 26 heavy (non-hydrogen) atoms. The molecule has 2 aromatic heterocycles. The molecule has 1 amide bonds. The number of aromatic nitrogens is 1. The Kier molecular flexibility index (Phi) is 9.85. The first-order chi connectivity index (χ1) is 12.1. The first-order valence-electron chi connectivity index (χ1n) is 8.55. The van der Waals surface area contributed by atoms with E-state index >= 15 is 0 Å². The van der Waals surface area contributed by atoms with Crippen molar-refractivity contribution in [3.63, 3.8) is 0 Å². The quantitative estimate of drug-likeness (QED) is 0.238. The second-order valence-electron chi connectivity index (χ2n) is 5.85. The average molecular weight is 473 g/mol. The fourth-order valence-corrected chi connectivity index (χ4v) is 2.35. The summed E-state index contributed by atoms with van der Waals surface area (Å²) in [7, 11) is 2.00. The monoisotopic (exact) mass is 473 g/mol. The van der Waals surface area contributed by atoms with Gasteiger partial charge in [0.25, 0.3) is 5.91 Å². The van der Waals surface area contributed by atoms with E-state index in [2.05, 4.69) is 33.2 Å². The molecule has 0 saturated heterocycles. The number of aliphatic imine (C=N–C) groups is 1. The minimum absolute atomic E-state index is 0. The lowest BCUT2D eigenvalue weighted by Crippen LogP contribution is -2.38. The second kappa shape index (κ2) is 11.6. The lowest BCUT2D eigenvalue weighted by molar-refractivity contribution is 0.0925. The third-order valence-electron chi connectivity index (χ3n) is 3.66. The van der Waals surface area contributed by atoms with Crippen LogP contribution in [0.3, 0.4) is 0 Å². The molecular weight excluding hydrogens is 445 g/mol. The summed E-state index contributed by atoms with van der Waals surface area (Å²) in [4.78, 5) is 16.5. The standard InChI is InChI=1S/C18H27N5O2.HI/c1-4-19-18(22-12-15-6-10-23(3)13-15)21-9-5-8-20-17(24)16-14(2)7-11-25-16;/h6-7,10-11,13H,4-5,8-9,12H2,1-3H3,(H,20,24)(H2,19,21,22);1H. The summed E-state index contributed by atoms with van der Waals surface area (Å²) in [5, 5.41) is 9.35. The van der Waals surface area contributed by atoms with E-state index in [1.165, 1.54) is 11.8 Å². The molecule has 0 aliphatic rings. The third kappa shape index (κ3) is 7.11. The van der Waals surface area contributed by atoms with Crippen LogP contribution in [-0.2, 0) is 13.6 Å². The number of hydrogen-bond acceptors (Lipinski definition) is 3. The van der Waals surface area contributed by atoms with Crippen LogP contribution >= 0.6 is 24.0 Å². The average Bonchev–Trinajstić information content (AvgIpc) is 3.20. The van der Waals surface area contributed by atoms with Crippen molar-refractivity contribution in [2.75, 3.05) is 19.6 Å². The van der Waals surface area contributed by atoms with Gasteiger partial charge < -0.3 is 24.9 Å². The Labute approximate surface area is 171 Å². The van der Waals surface area contributed by atoms with Crippen LogP contribution in [0.4, 0.5) is 0 Å². The number of aryl methyl sites for hydroxylation is 2. The molecule has 3 N–H and O–H groups in total. The van der Waals surface area contributed by atoms with Crippen molar-refractivity contribution < 1.29 is 9.21 Å². The fourth-order valence-electron chi connectivity index (χ4n) is 2.35. The molecule has 0 aromatic carbocycles. The molecule has 0 bridgehead atoms. The van der Waals surface area contributed by atoms with E-state index < -0.39 is 0 Å². The van der Waals surface area contributed by atoms with Crippen LogP contribution in [0.5, 0.6) is 0 Å². The van der Waals surface area contributed by atoms with Crippen LogP contribution in [0.25, 0.3) is 0 Å². The van der Waals surface area contributed by atoms with E-state index in [0.29, 0.717) is 18.8 Å².